The monoisotopic (exact) mass is 260 g/mol. The molecule has 0 aliphatic heterocycles. The Morgan fingerprint density at radius 3 is 1.31 bits per heavy atom. The van der Waals surface area contributed by atoms with Crippen LogP contribution < -0.4 is 5.32 Å². The van der Waals surface area contributed by atoms with E-state index in [0.717, 1.165) is 12.8 Å². The zero-order valence-electron chi connectivity index (χ0n) is 10.4. The van der Waals surface area contributed by atoms with Crippen molar-refractivity contribution in [3.05, 3.63) is 55.5 Å². The Labute approximate surface area is 112 Å². The first-order valence-corrected chi connectivity index (χ1v) is 5.14. The molecule has 0 spiro atoms. The van der Waals surface area contributed by atoms with E-state index >= 15 is 0 Å². The van der Waals surface area contributed by atoms with Crippen LogP contribution in [0.1, 0.15) is 19.8 Å². The Kier molecular flexibility index (Phi) is 31.1. The third-order valence-corrected chi connectivity index (χ3v) is 1.17. The molecule has 0 bridgehead atoms. The Morgan fingerprint density at radius 1 is 0.938 bits per heavy atom. The van der Waals surface area contributed by atoms with Crippen LogP contribution in [0, 0.1) is 19.1 Å². The first-order valence-electron chi connectivity index (χ1n) is 5.14. The largest absolute Gasteiger partial charge is 3.00 e. The van der Waals surface area contributed by atoms with Crippen molar-refractivity contribution in [2.45, 2.75) is 19.8 Å². The quantitative estimate of drug-likeness (QED) is 0.520. The average molecular weight is 260 g/mol. The van der Waals surface area contributed by atoms with Crippen molar-refractivity contribution in [2.24, 2.45) is 0 Å². The van der Waals surface area contributed by atoms with E-state index in [2.05, 4.69) is 36.5 Å². The van der Waals surface area contributed by atoms with Crippen LogP contribution in [0.5, 0.6) is 0 Å². The van der Waals surface area contributed by atoms with E-state index in [9.17, 15) is 0 Å². The molecule has 0 aromatic rings. The summed E-state index contributed by atoms with van der Waals surface area (Å²) < 4.78 is 0. The Balaban J connectivity index is -0.000000147. The minimum Gasteiger partial charge on any atom is -0.346 e. The van der Waals surface area contributed by atoms with E-state index in [-0.39, 0.29) is 17.1 Å². The van der Waals surface area contributed by atoms with Gasteiger partial charge in [-0.3, -0.25) is 12.2 Å². The predicted octanol–water partition coefficient (Wildman–Crippen LogP) is 3.28. The van der Waals surface area contributed by atoms with E-state index in [1.54, 1.807) is 6.92 Å². The first kappa shape index (κ1) is 20.8. The van der Waals surface area contributed by atoms with Gasteiger partial charge in [0.2, 0.25) is 0 Å². The summed E-state index contributed by atoms with van der Waals surface area (Å²) in [5.74, 6) is 0. The molecule has 0 saturated heterocycles. The first-order chi connectivity index (χ1) is 7.41. The van der Waals surface area contributed by atoms with Gasteiger partial charge < -0.3 is 12.2 Å². The molecule has 1 radical (unpaired) electrons. The minimum absolute atomic E-state index is 0. The third-order valence-electron chi connectivity index (χ3n) is 1.17. The Morgan fingerprint density at radius 2 is 1.25 bits per heavy atom. The molecule has 0 unspecified atom stereocenters. The fourth-order valence-electron chi connectivity index (χ4n) is 0.680. The van der Waals surface area contributed by atoms with Crippen LogP contribution >= 0.6 is 0 Å². The van der Waals surface area contributed by atoms with Gasteiger partial charge in [0.15, 0.2) is 0 Å². The Hall–Kier alpha value is -0.561. The van der Waals surface area contributed by atoms with Gasteiger partial charge in [0.1, 0.15) is 0 Å². The SMILES string of the molecule is CNC.[C-]1=CC=CC1.[C-]1=CC=CC1.[CH2-]C.[Fe+3]. The molecule has 2 aliphatic carbocycles. The molecule has 0 aromatic carbocycles. The van der Waals surface area contributed by atoms with Crippen LogP contribution in [0.15, 0.2) is 36.5 Å². The molecule has 0 heterocycles. The maximum atomic E-state index is 3.25. The van der Waals surface area contributed by atoms with Crippen molar-refractivity contribution >= 4 is 0 Å². The van der Waals surface area contributed by atoms with Crippen molar-refractivity contribution in [1.29, 1.82) is 0 Å². The molecule has 0 fully saturated rings. The van der Waals surface area contributed by atoms with Crippen molar-refractivity contribution in [1.82, 2.24) is 5.32 Å². The molecule has 1 N–H and O–H groups in total. The van der Waals surface area contributed by atoms with Crippen molar-refractivity contribution < 1.29 is 17.1 Å². The topological polar surface area (TPSA) is 12.0 Å². The van der Waals surface area contributed by atoms with Gasteiger partial charge in [0.05, 0.1) is 0 Å². The van der Waals surface area contributed by atoms with Crippen molar-refractivity contribution in [2.75, 3.05) is 14.1 Å². The fourth-order valence-corrected chi connectivity index (χ4v) is 0.680. The molecule has 0 aromatic heterocycles. The smallest absolute Gasteiger partial charge is 0.346 e. The summed E-state index contributed by atoms with van der Waals surface area (Å²) in [5, 5.41) is 2.75. The second kappa shape index (κ2) is 23.9. The molecule has 2 heteroatoms. The summed E-state index contributed by atoms with van der Waals surface area (Å²) in [5.41, 5.74) is 0. The van der Waals surface area contributed by atoms with Crippen LogP contribution in [0.2, 0.25) is 0 Å². The number of nitrogens with one attached hydrogen (secondary N) is 1. The van der Waals surface area contributed by atoms with Gasteiger partial charge in [-0.25, -0.2) is 24.3 Å². The van der Waals surface area contributed by atoms with Crippen LogP contribution in [0.25, 0.3) is 0 Å². The number of allylic oxidation sites excluding steroid dienone is 8. The molecular formula is C14H22FeN. The molecule has 2 aliphatic rings. The molecule has 1 nitrogen and oxygen atoms in total. The Bertz CT molecular complexity index is 161. The van der Waals surface area contributed by atoms with Gasteiger partial charge in [0.25, 0.3) is 0 Å². The number of hydrogen-bond donors (Lipinski definition) is 1. The van der Waals surface area contributed by atoms with Crippen LogP contribution in [0.3, 0.4) is 0 Å². The molecule has 91 valence electrons. The van der Waals surface area contributed by atoms with Crippen LogP contribution in [0.4, 0.5) is 0 Å². The fraction of sp³-hybridized carbons (Fsp3) is 0.357. The second-order valence-electron chi connectivity index (χ2n) is 2.51. The van der Waals surface area contributed by atoms with E-state index < -0.39 is 0 Å². The van der Waals surface area contributed by atoms with Crippen LogP contribution in [-0.2, 0) is 17.1 Å². The van der Waals surface area contributed by atoms with Gasteiger partial charge in [-0.1, -0.05) is 0 Å². The second-order valence-corrected chi connectivity index (χ2v) is 2.51. The van der Waals surface area contributed by atoms with Gasteiger partial charge in [-0.05, 0) is 14.1 Å². The zero-order chi connectivity index (χ0) is 11.8. The minimum atomic E-state index is 0. The molecule has 0 saturated carbocycles. The van der Waals surface area contributed by atoms with Crippen molar-refractivity contribution in [3.63, 3.8) is 0 Å². The van der Waals surface area contributed by atoms with Gasteiger partial charge >= 0.3 is 17.1 Å². The summed E-state index contributed by atoms with van der Waals surface area (Å²) in [7, 11) is 3.75. The third kappa shape index (κ3) is 23.3. The van der Waals surface area contributed by atoms with Gasteiger partial charge in [-0.2, -0.15) is 19.1 Å². The maximum Gasteiger partial charge on any atom is 3.00 e. The van der Waals surface area contributed by atoms with E-state index in [1.165, 1.54) is 0 Å². The zero-order valence-corrected chi connectivity index (χ0v) is 11.5. The van der Waals surface area contributed by atoms with E-state index in [0.29, 0.717) is 0 Å². The summed E-state index contributed by atoms with van der Waals surface area (Å²) in [6, 6.07) is 0. The molecule has 0 amide bonds. The molecule has 0 atom stereocenters. The molecule has 2 rings (SSSR count). The number of hydrogen-bond acceptors (Lipinski definition) is 1. The molecule has 16 heavy (non-hydrogen) atoms. The number of rotatable bonds is 0. The molecular weight excluding hydrogens is 238 g/mol. The normalized spacial score (nSPS) is 12.5. The predicted molar refractivity (Wildman–Crippen MR) is 69.2 cm³/mol. The van der Waals surface area contributed by atoms with E-state index in [4.69, 9.17) is 0 Å². The summed E-state index contributed by atoms with van der Waals surface area (Å²) >= 11 is 0. The summed E-state index contributed by atoms with van der Waals surface area (Å²) in [6.45, 7) is 5.00. The van der Waals surface area contributed by atoms with Crippen LogP contribution in [-0.4, -0.2) is 14.1 Å². The maximum absolute atomic E-state index is 3.25. The summed E-state index contributed by atoms with van der Waals surface area (Å²) in [4.78, 5) is 0. The standard InChI is InChI=1S/2C5H5.C2H7N.C2H5.Fe/c2*1-2-4-5-3-1;1-3-2;1-2;/h2*1-3H,4H2;3H,1-2H3;1H2,2H3;/q2*-1;;-1;+3. The summed E-state index contributed by atoms with van der Waals surface area (Å²) in [6.07, 6.45) is 20.0. The van der Waals surface area contributed by atoms with Crippen molar-refractivity contribution in [3.8, 4) is 0 Å². The average Bonchev–Trinajstić information content (AvgIpc) is 3.01. The van der Waals surface area contributed by atoms with Gasteiger partial charge in [-0.15, -0.1) is 12.8 Å². The van der Waals surface area contributed by atoms with E-state index in [1.807, 2.05) is 38.4 Å². The van der Waals surface area contributed by atoms with Gasteiger partial charge in [0, 0.05) is 0 Å².